The second kappa shape index (κ2) is 10.5. The molecule has 8 heteroatoms. The van der Waals surface area contributed by atoms with Crippen molar-refractivity contribution in [1.82, 2.24) is 15.1 Å². The average Bonchev–Trinajstić information content (AvgIpc) is 3.13. The minimum Gasteiger partial charge on any atom is -0.385 e. The van der Waals surface area contributed by atoms with Crippen LogP contribution in [-0.2, 0) is 19.1 Å². The number of methoxy groups -OCH3 is 1. The summed E-state index contributed by atoms with van der Waals surface area (Å²) >= 11 is 0. The number of nitrogens with zero attached hydrogens (tertiary/aromatic N) is 3. The van der Waals surface area contributed by atoms with E-state index in [9.17, 15) is 14.4 Å². The van der Waals surface area contributed by atoms with E-state index in [0.717, 1.165) is 17.7 Å². The molecule has 2 fully saturated rings. The Labute approximate surface area is 178 Å². The van der Waals surface area contributed by atoms with Crippen molar-refractivity contribution in [2.24, 2.45) is 5.92 Å². The van der Waals surface area contributed by atoms with Crippen molar-refractivity contribution in [3.63, 3.8) is 0 Å². The molecular weight excluding hydrogens is 384 g/mol. The van der Waals surface area contributed by atoms with Crippen molar-refractivity contribution in [2.75, 3.05) is 64.4 Å². The topological polar surface area (TPSA) is 82.2 Å². The largest absolute Gasteiger partial charge is 0.385 e. The standard InChI is InChI=1S/C22H32N4O4/c1-17-4-6-19(7-5-17)26-15-18(14-21(26)28)22(29)25-11-9-24(10-12-25)16-20(27)23-8-3-13-30-2/h4-7,18H,3,8-16H2,1-2H3,(H,23,27). The van der Waals surface area contributed by atoms with Gasteiger partial charge in [0.05, 0.1) is 12.5 Å². The Morgan fingerprint density at radius 1 is 1.13 bits per heavy atom. The number of carbonyl (C=O) groups excluding carboxylic acids is 3. The molecule has 1 N–H and O–H groups in total. The smallest absolute Gasteiger partial charge is 0.234 e. The highest BCUT2D eigenvalue weighted by Crippen LogP contribution is 2.27. The van der Waals surface area contributed by atoms with E-state index in [1.165, 1.54) is 0 Å². The molecule has 1 unspecified atom stereocenters. The predicted octanol–water partition coefficient (Wildman–Crippen LogP) is 0.645. The second-order valence-corrected chi connectivity index (χ2v) is 8.04. The molecule has 0 bridgehead atoms. The van der Waals surface area contributed by atoms with Crippen LogP contribution in [0.2, 0.25) is 0 Å². The van der Waals surface area contributed by atoms with Gasteiger partial charge in [-0.3, -0.25) is 19.3 Å². The maximum absolute atomic E-state index is 12.9. The van der Waals surface area contributed by atoms with Gasteiger partial charge in [-0.15, -0.1) is 0 Å². The van der Waals surface area contributed by atoms with Gasteiger partial charge in [0.25, 0.3) is 0 Å². The minimum atomic E-state index is -0.297. The van der Waals surface area contributed by atoms with Crippen LogP contribution in [0.4, 0.5) is 5.69 Å². The molecule has 1 atom stereocenters. The Kier molecular flexibility index (Phi) is 7.81. The molecule has 30 heavy (non-hydrogen) atoms. The first-order valence-electron chi connectivity index (χ1n) is 10.6. The van der Waals surface area contributed by atoms with E-state index in [1.54, 1.807) is 12.0 Å². The van der Waals surface area contributed by atoms with E-state index in [2.05, 4.69) is 10.2 Å². The van der Waals surface area contributed by atoms with Gasteiger partial charge in [0.2, 0.25) is 17.7 Å². The molecular formula is C22H32N4O4. The number of hydrogen-bond donors (Lipinski definition) is 1. The van der Waals surface area contributed by atoms with Gasteiger partial charge in [0.15, 0.2) is 0 Å². The zero-order valence-corrected chi connectivity index (χ0v) is 17.9. The van der Waals surface area contributed by atoms with Gasteiger partial charge in [-0.1, -0.05) is 17.7 Å². The maximum Gasteiger partial charge on any atom is 0.234 e. The Morgan fingerprint density at radius 2 is 1.83 bits per heavy atom. The summed E-state index contributed by atoms with van der Waals surface area (Å²) in [6, 6.07) is 7.81. The summed E-state index contributed by atoms with van der Waals surface area (Å²) in [4.78, 5) is 43.0. The highest BCUT2D eigenvalue weighted by molar-refractivity contribution is 6.00. The first-order valence-corrected chi connectivity index (χ1v) is 10.6. The average molecular weight is 417 g/mol. The molecule has 8 nitrogen and oxygen atoms in total. The number of ether oxygens (including phenoxy) is 1. The number of benzene rings is 1. The summed E-state index contributed by atoms with van der Waals surface area (Å²) in [5.74, 6) is -0.252. The summed E-state index contributed by atoms with van der Waals surface area (Å²) in [5.41, 5.74) is 1.99. The number of hydrogen-bond acceptors (Lipinski definition) is 5. The molecule has 1 aromatic carbocycles. The van der Waals surface area contributed by atoms with Crippen molar-refractivity contribution in [3.8, 4) is 0 Å². The van der Waals surface area contributed by atoms with Crippen molar-refractivity contribution in [3.05, 3.63) is 29.8 Å². The van der Waals surface area contributed by atoms with Gasteiger partial charge in [0, 0.05) is 65.1 Å². The van der Waals surface area contributed by atoms with E-state index >= 15 is 0 Å². The molecule has 0 spiro atoms. The summed E-state index contributed by atoms with van der Waals surface area (Å²) in [7, 11) is 1.64. The number of nitrogens with one attached hydrogen (secondary N) is 1. The Balaban J connectivity index is 1.43. The molecule has 1 aromatic rings. The number of aryl methyl sites for hydroxylation is 1. The first-order chi connectivity index (χ1) is 14.5. The lowest BCUT2D eigenvalue weighted by Crippen LogP contribution is -2.52. The molecule has 0 saturated carbocycles. The van der Waals surface area contributed by atoms with Gasteiger partial charge < -0.3 is 19.9 Å². The Bertz CT molecular complexity index is 744. The first kappa shape index (κ1) is 22.2. The lowest BCUT2D eigenvalue weighted by molar-refractivity contribution is -0.137. The van der Waals surface area contributed by atoms with E-state index in [1.807, 2.05) is 36.1 Å². The van der Waals surface area contributed by atoms with Crippen LogP contribution in [0.5, 0.6) is 0 Å². The number of anilines is 1. The molecule has 2 heterocycles. The molecule has 0 aliphatic carbocycles. The fourth-order valence-electron chi connectivity index (χ4n) is 3.94. The second-order valence-electron chi connectivity index (χ2n) is 8.04. The van der Waals surface area contributed by atoms with Crippen LogP contribution < -0.4 is 10.2 Å². The van der Waals surface area contributed by atoms with Crippen LogP contribution >= 0.6 is 0 Å². The van der Waals surface area contributed by atoms with Crippen LogP contribution in [0.1, 0.15) is 18.4 Å². The summed E-state index contributed by atoms with van der Waals surface area (Å²) < 4.78 is 4.97. The van der Waals surface area contributed by atoms with Crippen molar-refractivity contribution in [1.29, 1.82) is 0 Å². The third-order valence-corrected chi connectivity index (χ3v) is 5.72. The van der Waals surface area contributed by atoms with Crippen molar-refractivity contribution >= 4 is 23.4 Å². The monoisotopic (exact) mass is 416 g/mol. The molecule has 0 aromatic heterocycles. The lowest BCUT2D eigenvalue weighted by Gasteiger charge is -2.35. The molecule has 2 saturated heterocycles. The highest BCUT2D eigenvalue weighted by Gasteiger charge is 2.38. The zero-order valence-electron chi connectivity index (χ0n) is 17.9. The summed E-state index contributed by atoms with van der Waals surface area (Å²) in [6.45, 7) is 6.54. The minimum absolute atomic E-state index is 0.000910. The molecule has 2 aliphatic rings. The molecule has 2 aliphatic heterocycles. The van der Waals surface area contributed by atoms with Crippen LogP contribution in [0, 0.1) is 12.8 Å². The van der Waals surface area contributed by atoms with Crippen LogP contribution in [0.3, 0.4) is 0 Å². The number of amides is 3. The zero-order chi connectivity index (χ0) is 21.5. The fourth-order valence-corrected chi connectivity index (χ4v) is 3.94. The Hall–Kier alpha value is -2.45. The normalized spacial score (nSPS) is 19.9. The lowest BCUT2D eigenvalue weighted by atomic mass is 10.1. The molecule has 164 valence electrons. The van der Waals surface area contributed by atoms with E-state index in [4.69, 9.17) is 4.74 Å². The SMILES string of the molecule is COCCCNC(=O)CN1CCN(C(=O)C2CC(=O)N(c3ccc(C)cc3)C2)CC1. The third kappa shape index (κ3) is 5.79. The van der Waals surface area contributed by atoms with E-state index in [0.29, 0.717) is 52.4 Å². The molecule has 3 amide bonds. The van der Waals surface area contributed by atoms with Crippen LogP contribution in [0.25, 0.3) is 0 Å². The highest BCUT2D eigenvalue weighted by atomic mass is 16.5. The van der Waals surface area contributed by atoms with E-state index in [-0.39, 0.29) is 30.1 Å². The summed E-state index contributed by atoms with van der Waals surface area (Å²) in [5, 5.41) is 2.89. The quantitative estimate of drug-likeness (QED) is 0.629. The number of rotatable bonds is 8. The van der Waals surface area contributed by atoms with Gasteiger partial charge in [0.1, 0.15) is 0 Å². The predicted molar refractivity (Wildman–Crippen MR) is 114 cm³/mol. The molecule has 3 rings (SSSR count). The van der Waals surface area contributed by atoms with Gasteiger partial charge in [-0.25, -0.2) is 0 Å². The third-order valence-electron chi connectivity index (χ3n) is 5.72. The summed E-state index contributed by atoms with van der Waals surface area (Å²) in [6.07, 6.45) is 1.06. The van der Waals surface area contributed by atoms with Crippen LogP contribution in [-0.4, -0.2) is 87.1 Å². The fraction of sp³-hybridized carbons (Fsp3) is 0.591. The van der Waals surface area contributed by atoms with Crippen molar-refractivity contribution in [2.45, 2.75) is 19.8 Å². The Morgan fingerprint density at radius 3 is 2.50 bits per heavy atom. The number of carbonyl (C=O) groups is 3. The van der Waals surface area contributed by atoms with E-state index < -0.39 is 0 Å². The number of piperazine rings is 1. The van der Waals surface area contributed by atoms with Gasteiger partial charge >= 0.3 is 0 Å². The maximum atomic E-state index is 12.9. The molecule has 0 radical (unpaired) electrons. The van der Waals surface area contributed by atoms with Crippen molar-refractivity contribution < 1.29 is 19.1 Å². The van der Waals surface area contributed by atoms with Gasteiger partial charge in [-0.2, -0.15) is 0 Å². The van der Waals surface area contributed by atoms with Gasteiger partial charge in [-0.05, 0) is 25.5 Å². The van der Waals surface area contributed by atoms with Crippen LogP contribution in [0.15, 0.2) is 24.3 Å².